The number of carbonyl (C=O) groups excluding carboxylic acids is 1. The maximum Gasteiger partial charge on any atom is 0.227 e. The number of piperidine rings is 1. The van der Waals surface area contributed by atoms with Gasteiger partial charge in [0.1, 0.15) is 18.0 Å². The first kappa shape index (κ1) is 19.0. The minimum Gasteiger partial charge on any atom is -0.493 e. The van der Waals surface area contributed by atoms with Crippen molar-refractivity contribution in [3.8, 4) is 17.2 Å². The molecule has 1 aromatic heterocycles. The normalized spacial score (nSPS) is 19.4. The largest absolute Gasteiger partial charge is 0.493 e. The lowest BCUT2D eigenvalue weighted by Gasteiger charge is -2.36. The molecular formula is C20H24N2O5. The lowest BCUT2D eigenvalue weighted by atomic mass is 10.0. The topological polar surface area (TPSA) is 81.1 Å². The molecular weight excluding hydrogens is 348 g/mol. The molecule has 3 rings (SSSR count). The molecule has 2 aromatic rings. The smallest absolute Gasteiger partial charge is 0.227 e. The Morgan fingerprint density at radius 1 is 1.19 bits per heavy atom. The molecule has 7 nitrogen and oxygen atoms in total. The number of amides is 1. The van der Waals surface area contributed by atoms with E-state index in [0.29, 0.717) is 36.6 Å². The van der Waals surface area contributed by atoms with Crippen LogP contribution in [0.3, 0.4) is 0 Å². The third-order valence-corrected chi connectivity index (χ3v) is 4.62. The summed E-state index contributed by atoms with van der Waals surface area (Å²) in [5, 5.41) is 10.5. The molecule has 0 radical (unpaired) electrons. The van der Waals surface area contributed by atoms with Crippen molar-refractivity contribution < 1.29 is 24.1 Å². The number of aliphatic hydroxyl groups is 1. The average molecular weight is 372 g/mol. The number of hydrogen-bond donors (Lipinski definition) is 1. The summed E-state index contributed by atoms with van der Waals surface area (Å²) in [5.74, 6) is 1.76. The molecule has 27 heavy (non-hydrogen) atoms. The van der Waals surface area contributed by atoms with Crippen molar-refractivity contribution in [1.82, 2.24) is 9.88 Å². The number of ether oxygens (including phenoxy) is 3. The average Bonchev–Trinajstić information content (AvgIpc) is 2.70. The second-order valence-electron chi connectivity index (χ2n) is 6.40. The van der Waals surface area contributed by atoms with Gasteiger partial charge in [0.15, 0.2) is 11.5 Å². The van der Waals surface area contributed by atoms with E-state index >= 15 is 0 Å². The lowest BCUT2D eigenvalue weighted by molar-refractivity contribution is -0.136. The lowest BCUT2D eigenvalue weighted by Crippen LogP contribution is -2.51. The summed E-state index contributed by atoms with van der Waals surface area (Å²) in [5.41, 5.74) is 0.910. The van der Waals surface area contributed by atoms with E-state index in [0.717, 1.165) is 5.56 Å². The number of likely N-dealkylation sites (tertiary alicyclic amines) is 1. The van der Waals surface area contributed by atoms with E-state index in [4.69, 9.17) is 14.2 Å². The van der Waals surface area contributed by atoms with E-state index in [1.807, 2.05) is 12.1 Å². The number of nitrogens with zero attached hydrogens (tertiary/aromatic N) is 2. The first-order chi connectivity index (χ1) is 13.1. The number of β-amino-alcohol motifs (C(OH)–C–C–N with tert-alkyl or cyclic N) is 1. The number of pyridine rings is 1. The van der Waals surface area contributed by atoms with Gasteiger partial charge in [-0.25, -0.2) is 0 Å². The minimum absolute atomic E-state index is 0.00943. The first-order valence-electron chi connectivity index (χ1n) is 8.84. The van der Waals surface area contributed by atoms with Crippen molar-refractivity contribution >= 4 is 5.91 Å². The maximum atomic E-state index is 12.5. The highest BCUT2D eigenvalue weighted by Crippen LogP contribution is 2.32. The Labute approximate surface area is 158 Å². The number of aliphatic hydroxyl groups excluding tert-OH is 1. The van der Waals surface area contributed by atoms with E-state index in [1.165, 1.54) is 0 Å². The van der Waals surface area contributed by atoms with Crippen molar-refractivity contribution in [3.63, 3.8) is 0 Å². The van der Waals surface area contributed by atoms with Gasteiger partial charge in [-0.05, 0) is 29.8 Å². The molecule has 144 valence electrons. The third-order valence-electron chi connectivity index (χ3n) is 4.62. The van der Waals surface area contributed by atoms with Crippen LogP contribution in [0.4, 0.5) is 0 Å². The Hall–Kier alpha value is -2.80. The highest BCUT2D eigenvalue weighted by atomic mass is 16.5. The van der Waals surface area contributed by atoms with E-state index in [1.54, 1.807) is 49.7 Å². The Bertz CT molecular complexity index is 768. The fourth-order valence-corrected chi connectivity index (χ4v) is 3.13. The van der Waals surface area contributed by atoms with Gasteiger partial charge in [-0.15, -0.1) is 0 Å². The Morgan fingerprint density at radius 3 is 2.59 bits per heavy atom. The highest BCUT2D eigenvalue weighted by molar-refractivity contribution is 5.78. The number of aromatic nitrogens is 1. The molecule has 1 amide bonds. The van der Waals surface area contributed by atoms with E-state index in [9.17, 15) is 9.90 Å². The Kier molecular flexibility index (Phi) is 6.13. The molecule has 0 bridgehead atoms. The van der Waals surface area contributed by atoms with Gasteiger partial charge in [0.2, 0.25) is 5.91 Å². The van der Waals surface area contributed by atoms with Gasteiger partial charge in [-0.1, -0.05) is 0 Å². The zero-order valence-electron chi connectivity index (χ0n) is 15.5. The van der Waals surface area contributed by atoms with Crippen molar-refractivity contribution in [2.24, 2.45) is 0 Å². The first-order valence-corrected chi connectivity index (χ1v) is 8.84. The van der Waals surface area contributed by atoms with Crippen molar-refractivity contribution in [2.75, 3.05) is 27.3 Å². The Morgan fingerprint density at radius 2 is 1.93 bits per heavy atom. The van der Waals surface area contributed by atoms with Crippen molar-refractivity contribution in [2.45, 2.75) is 25.0 Å². The van der Waals surface area contributed by atoms with E-state index < -0.39 is 6.10 Å². The standard InChI is InChI=1S/C20H24N2O5/c1-25-18-4-3-15(12-19(18)26-2)27-17-7-10-22(13-16(17)23)20(24)11-14-5-8-21-9-6-14/h3-6,8-9,12,16-17,23H,7,10-11,13H2,1-2H3/t16-,17-/m1/s1. The van der Waals surface area contributed by atoms with Crippen LogP contribution in [0.2, 0.25) is 0 Å². The SMILES string of the molecule is COc1ccc(O[C@@H]2CCN(C(=O)Cc3ccncc3)C[C@H]2O)cc1OC. The molecule has 2 heterocycles. The zero-order valence-corrected chi connectivity index (χ0v) is 15.5. The molecule has 1 aromatic carbocycles. The summed E-state index contributed by atoms with van der Waals surface area (Å²) >= 11 is 0. The predicted octanol–water partition coefficient (Wildman–Crippen LogP) is 1.68. The predicted molar refractivity (Wildman–Crippen MR) is 99.1 cm³/mol. The van der Waals surface area contributed by atoms with Crippen LogP contribution in [0.1, 0.15) is 12.0 Å². The van der Waals surface area contributed by atoms with Crippen molar-refractivity contribution in [3.05, 3.63) is 48.3 Å². The van der Waals surface area contributed by atoms with Gasteiger partial charge in [0.05, 0.1) is 27.2 Å². The number of rotatable bonds is 6. The molecule has 0 aliphatic carbocycles. The molecule has 1 aliphatic rings. The number of methoxy groups -OCH3 is 2. The van der Waals surface area contributed by atoms with Crippen LogP contribution < -0.4 is 14.2 Å². The third kappa shape index (κ3) is 4.68. The molecule has 1 N–H and O–H groups in total. The number of hydrogen-bond acceptors (Lipinski definition) is 6. The second kappa shape index (κ2) is 8.73. The van der Waals surface area contributed by atoms with Gasteiger partial charge in [0.25, 0.3) is 0 Å². The van der Waals surface area contributed by atoms with Crippen LogP contribution in [-0.4, -0.2) is 60.4 Å². The van der Waals surface area contributed by atoms with E-state index in [2.05, 4.69) is 4.98 Å². The molecule has 2 atom stereocenters. The van der Waals surface area contributed by atoms with Gasteiger partial charge >= 0.3 is 0 Å². The molecule has 0 unspecified atom stereocenters. The molecule has 1 saturated heterocycles. The highest BCUT2D eigenvalue weighted by Gasteiger charge is 2.31. The zero-order chi connectivity index (χ0) is 19.2. The van der Waals surface area contributed by atoms with Crippen molar-refractivity contribution in [1.29, 1.82) is 0 Å². The maximum absolute atomic E-state index is 12.5. The summed E-state index contributed by atoms with van der Waals surface area (Å²) < 4.78 is 16.4. The van der Waals surface area contributed by atoms with Gasteiger partial charge in [0, 0.05) is 31.4 Å². The van der Waals surface area contributed by atoms with E-state index in [-0.39, 0.29) is 18.6 Å². The molecule has 1 aliphatic heterocycles. The number of benzene rings is 1. The fourth-order valence-electron chi connectivity index (χ4n) is 3.13. The van der Waals surface area contributed by atoms with Gasteiger partial charge < -0.3 is 24.2 Å². The minimum atomic E-state index is -0.756. The van der Waals surface area contributed by atoms with Crippen LogP contribution in [-0.2, 0) is 11.2 Å². The van der Waals surface area contributed by atoms with Crippen LogP contribution in [0, 0.1) is 0 Å². The van der Waals surface area contributed by atoms with Crippen LogP contribution in [0.5, 0.6) is 17.2 Å². The Balaban J connectivity index is 1.58. The van der Waals surface area contributed by atoms with Gasteiger partial charge in [-0.3, -0.25) is 9.78 Å². The quantitative estimate of drug-likeness (QED) is 0.831. The second-order valence-corrected chi connectivity index (χ2v) is 6.40. The molecule has 7 heteroatoms. The summed E-state index contributed by atoms with van der Waals surface area (Å²) in [6.07, 6.45) is 3.05. The summed E-state index contributed by atoms with van der Waals surface area (Å²) in [6, 6.07) is 8.90. The van der Waals surface area contributed by atoms with Crippen LogP contribution >= 0.6 is 0 Å². The fraction of sp³-hybridized carbons (Fsp3) is 0.400. The van der Waals surface area contributed by atoms with Gasteiger partial charge in [-0.2, -0.15) is 0 Å². The van der Waals surface area contributed by atoms with Crippen LogP contribution in [0.25, 0.3) is 0 Å². The molecule has 0 saturated carbocycles. The van der Waals surface area contributed by atoms with Crippen LogP contribution in [0.15, 0.2) is 42.7 Å². The molecule has 0 spiro atoms. The summed E-state index contributed by atoms with van der Waals surface area (Å²) in [7, 11) is 3.13. The number of carbonyl (C=O) groups is 1. The molecule has 1 fully saturated rings. The summed E-state index contributed by atoms with van der Waals surface area (Å²) in [6.45, 7) is 0.792. The summed E-state index contributed by atoms with van der Waals surface area (Å²) in [4.78, 5) is 18.1. The monoisotopic (exact) mass is 372 g/mol.